The molecule has 1 heterocycles. The molecular formula is C18H24N2O2. The van der Waals surface area contributed by atoms with Crippen molar-refractivity contribution in [3.05, 3.63) is 40.8 Å². The normalized spacial score (nSPS) is 21.6. The zero-order chi connectivity index (χ0) is 15.5. The molecule has 0 aliphatic heterocycles. The van der Waals surface area contributed by atoms with Crippen LogP contribution in [0.25, 0.3) is 10.8 Å². The predicted octanol–water partition coefficient (Wildman–Crippen LogP) is 3.03. The molecule has 0 amide bonds. The molecular weight excluding hydrogens is 276 g/mol. The van der Waals surface area contributed by atoms with Crippen molar-refractivity contribution in [3.63, 3.8) is 0 Å². The van der Waals surface area contributed by atoms with E-state index in [2.05, 4.69) is 23.9 Å². The number of H-pyrrole nitrogens is 1. The van der Waals surface area contributed by atoms with Gasteiger partial charge in [0, 0.05) is 18.1 Å². The zero-order valence-electron chi connectivity index (χ0n) is 13.3. The summed E-state index contributed by atoms with van der Waals surface area (Å²) >= 11 is 0. The van der Waals surface area contributed by atoms with E-state index in [-0.39, 0.29) is 5.56 Å². The Morgan fingerprint density at radius 1 is 1.32 bits per heavy atom. The van der Waals surface area contributed by atoms with Crippen molar-refractivity contribution in [1.29, 1.82) is 0 Å². The largest absolute Gasteiger partial charge is 0.490 e. The summed E-state index contributed by atoms with van der Waals surface area (Å²) in [5, 5.41) is 1.64. The fraction of sp³-hybridized carbons (Fsp3) is 0.500. The van der Waals surface area contributed by atoms with Gasteiger partial charge in [0.25, 0.3) is 5.56 Å². The Bertz CT molecular complexity index is 695. The SMILES string of the molecule is CCN(C)C[C@H]1CC[C@@H](Oc2ccc3c(=O)[nH]ccc3c2)C1. The summed E-state index contributed by atoms with van der Waals surface area (Å²) in [5.41, 5.74) is -0.0485. The summed E-state index contributed by atoms with van der Waals surface area (Å²) in [6, 6.07) is 7.64. The first-order chi connectivity index (χ1) is 10.7. The lowest BCUT2D eigenvalue weighted by Crippen LogP contribution is -2.25. The van der Waals surface area contributed by atoms with Gasteiger partial charge in [0.1, 0.15) is 5.75 Å². The monoisotopic (exact) mass is 300 g/mol. The number of aromatic amines is 1. The van der Waals surface area contributed by atoms with Crippen LogP contribution in [0.1, 0.15) is 26.2 Å². The number of ether oxygens (including phenoxy) is 1. The summed E-state index contributed by atoms with van der Waals surface area (Å²) in [6.07, 6.45) is 5.46. The second kappa shape index (κ2) is 6.53. The first kappa shape index (κ1) is 15.1. The highest BCUT2D eigenvalue weighted by molar-refractivity contribution is 5.82. The van der Waals surface area contributed by atoms with Crippen molar-refractivity contribution < 1.29 is 4.74 Å². The van der Waals surface area contributed by atoms with E-state index in [1.165, 1.54) is 6.42 Å². The molecule has 1 saturated carbocycles. The second-order valence-corrected chi connectivity index (χ2v) is 6.33. The van der Waals surface area contributed by atoms with Gasteiger partial charge in [-0.05, 0) is 68.4 Å². The first-order valence-corrected chi connectivity index (χ1v) is 8.12. The predicted molar refractivity (Wildman–Crippen MR) is 89.5 cm³/mol. The first-order valence-electron chi connectivity index (χ1n) is 8.12. The number of fused-ring (bicyclic) bond motifs is 1. The summed E-state index contributed by atoms with van der Waals surface area (Å²) < 4.78 is 6.14. The molecule has 1 aliphatic carbocycles. The van der Waals surface area contributed by atoms with Gasteiger partial charge in [-0.1, -0.05) is 6.92 Å². The zero-order valence-corrected chi connectivity index (χ0v) is 13.3. The average Bonchev–Trinajstić information content (AvgIpc) is 2.94. The maximum absolute atomic E-state index is 11.7. The summed E-state index contributed by atoms with van der Waals surface area (Å²) in [4.78, 5) is 16.8. The highest BCUT2D eigenvalue weighted by Crippen LogP contribution is 2.30. The Morgan fingerprint density at radius 3 is 3.00 bits per heavy atom. The quantitative estimate of drug-likeness (QED) is 0.923. The van der Waals surface area contributed by atoms with Crippen LogP contribution >= 0.6 is 0 Å². The topological polar surface area (TPSA) is 45.3 Å². The smallest absolute Gasteiger partial charge is 0.255 e. The minimum Gasteiger partial charge on any atom is -0.490 e. The van der Waals surface area contributed by atoms with Gasteiger partial charge in [-0.25, -0.2) is 0 Å². The summed E-state index contributed by atoms with van der Waals surface area (Å²) in [6.45, 7) is 4.45. The summed E-state index contributed by atoms with van der Waals surface area (Å²) in [7, 11) is 2.18. The molecule has 2 aromatic rings. The Morgan fingerprint density at radius 2 is 2.18 bits per heavy atom. The van der Waals surface area contributed by atoms with Crippen molar-refractivity contribution in [2.24, 2.45) is 5.92 Å². The maximum Gasteiger partial charge on any atom is 0.255 e. The molecule has 2 atom stereocenters. The van der Waals surface area contributed by atoms with E-state index in [0.29, 0.717) is 11.5 Å². The highest BCUT2D eigenvalue weighted by atomic mass is 16.5. The number of hydrogen-bond donors (Lipinski definition) is 1. The van der Waals surface area contributed by atoms with Crippen LogP contribution < -0.4 is 10.3 Å². The number of rotatable bonds is 5. The van der Waals surface area contributed by atoms with Crippen LogP contribution in [0.15, 0.2) is 35.3 Å². The molecule has 0 saturated heterocycles. The van der Waals surface area contributed by atoms with Crippen LogP contribution in [0.4, 0.5) is 0 Å². The van der Waals surface area contributed by atoms with Gasteiger partial charge in [0.05, 0.1) is 6.10 Å². The van der Waals surface area contributed by atoms with Gasteiger partial charge in [0.15, 0.2) is 0 Å². The minimum absolute atomic E-state index is 0.0485. The third-order valence-corrected chi connectivity index (χ3v) is 4.65. The van der Waals surface area contributed by atoms with Gasteiger partial charge in [-0.15, -0.1) is 0 Å². The fourth-order valence-electron chi connectivity index (χ4n) is 3.31. The van der Waals surface area contributed by atoms with Crippen LogP contribution in [-0.2, 0) is 0 Å². The van der Waals surface area contributed by atoms with Crippen LogP contribution in [0.3, 0.4) is 0 Å². The molecule has 118 valence electrons. The molecule has 4 nitrogen and oxygen atoms in total. The van der Waals surface area contributed by atoms with Gasteiger partial charge < -0.3 is 14.6 Å². The Hall–Kier alpha value is -1.81. The van der Waals surface area contributed by atoms with E-state index < -0.39 is 0 Å². The molecule has 1 aliphatic rings. The Labute approximate surface area is 131 Å². The van der Waals surface area contributed by atoms with Crippen molar-refractivity contribution >= 4 is 10.8 Å². The standard InChI is InChI=1S/C18H24N2O2/c1-3-20(2)12-13-4-5-15(10-13)22-16-6-7-17-14(11-16)8-9-19-18(17)21/h6-9,11,13,15H,3-5,10,12H2,1-2H3,(H,19,21)/t13-,15+/m0/s1. The molecule has 0 bridgehead atoms. The Balaban J connectivity index is 1.66. The second-order valence-electron chi connectivity index (χ2n) is 6.33. The number of hydrogen-bond acceptors (Lipinski definition) is 3. The third-order valence-electron chi connectivity index (χ3n) is 4.65. The van der Waals surface area contributed by atoms with Crippen LogP contribution in [0, 0.1) is 5.92 Å². The molecule has 1 aromatic heterocycles. The number of nitrogens with zero attached hydrogens (tertiary/aromatic N) is 1. The van der Waals surface area contributed by atoms with E-state index in [1.807, 2.05) is 24.3 Å². The summed E-state index contributed by atoms with van der Waals surface area (Å²) in [5.74, 6) is 1.60. The van der Waals surface area contributed by atoms with Gasteiger partial charge in [-0.3, -0.25) is 4.79 Å². The number of aromatic nitrogens is 1. The van der Waals surface area contributed by atoms with Gasteiger partial charge in [-0.2, -0.15) is 0 Å². The molecule has 0 spiro atoms. The van der Waals surface area contributed by atoms with E-state index in [0.717, 1.165) is 43.0 Å². The number of benzene rings is 1. The van der Waals surface area contributed by atoms with E-state index >= 15 is 0 Å². The lowest BCUT2D eigenvalue weighted by Gasteiger charge is -2.19. The molecule has 1 aromatic carbocycles. The van der Waals surface area contributed by atoms with Crippen LogP contribution in [0.2, 0.25) is 0 Å². The molecule has 22 heavy (non-hydrogen) atoms. The molecule has 1 fully saturated rings. The fourth-order valence-corrected chi connectivity index (χ4v) is 3.31. The van der Waals surface area contributed by atoms with Crippen molar-refractivity contribution in [3.8, 4) is 5.75 Å². The minimum atomic E-state index is -0.0485. The van der Waals surface area contributed by atoms with E-state index in [4.69, 9.17) is 4.74 Å². The molecule has 0 radical (unpaired) electrons. The van der Waals surface area contributed by atoms with Gasteiger partial charge >= 0.3 is 0 Å². The molecule has 4 heteroatoms. The van der Waals surface area contributed by atoms with E-state index in [9.17, 15) is 4.79 Å². The third kappa shape index (κ3) is 3.33. The number of pyridine rings is 1. The van der Waals surface area contributed by atoms with Gasteiger partial charge in [0.2, 0.25) is 0 Å². The highest BCUT2D eigenvalue weighted by Gasteiger charge is 2.26. The van der Waals surface area contributed by atoms with E-state index in [1.54, 1.807) is 6.20 Å². The van der Waals surface area contributed by atoms with Crippen LogP contribution in [0.5, 0.6) is 5.75 Å². The lowest BCUT2D eigenvalue weighted by molar-refractivity contribution is 0.197. The lowest BCUT2D eigenvalue weighted by atomic mass is 10.1. The van der Waals surface area contributed by atoms with Crippen molar-refractivity contribution in [1.82, 2.24) is 9.88 Å². The Kier molecular flexibility index (Phi) is 4.48. The van der Waals surface area contributed by atoms with Crippen LogP contribution in [-0.4, -0.2) is 36.1 Å². The molecule has 1 N–H and O–H groups in total. The average molecular weight is 300 g/mol. The molecule has 0 unspecified atom stereocenters. The van der Waals surface area contributed by atoms with Crippen molar-refractivity contribution in [2.45, 2.75) is 32.3 Å². The number of nitrogens with one attached hydrogen (secondary N) is 1. The maximum atomic E-state index is 11.7. The molecule has 3 rings (SSSR count). The van der Waals surface area contributed by atoms with Crippen molar-refractivity contribution in [2.75, 3.05) is 20.1 Å².